The van der Waals surface area contributed by atoms with Gasteiger partial charge in [0.15, 0.2) is 0 Å². The van der Waals surface area contributed by atoms with Crippen molar-refractivity contribution in [3.8, 4) is 0 Å². The van der Waals surface area contributed by atoms with Gasteiger partial charge in [-0.2, -0.15) is 0 Å². The maximum Gasteiger partial charge on any atom is 0.128 e. The standard InChI is InChI=1S/C16H16ClFN2O/c1-9-6-14-13(7-12(9)18)19-16(8-17)20(14)11(3)15-5-4-10(2)21-15/h4-7,11H,8H2,1-3H3. The Labute approximate surface area is 127 Å². The summed E-state index contributed by atoms with van der Waals surface area (Å²) in [6, 6.07) is 7.08. The van der Waals surface area contributed by atoms with Gasteiger partial charge in [-0.05, 0) is 44.5 Å². The van der Waals surface area contributed by atoms with Crippen LogP contribution in [0.4, 0.5) is 4.39 Å². The molecule has 2 aromatic heterocycles. The number of imidazole rings is 1. The van der Waals surface area contributed by atoms with Crippen molar-refractivity contribution in [3.63, 3.8) is 0 Å². The number of rotatable bonds is 3. The minimum absolute atomic E-state index is 0.0534. The summed E-state index contributed by atoms with van der Waals surface area (Å²) in [5.74, 6) is 2.41. The molecule has 0 N–H and O–H groups in total. The molecule has 3 rings (SSSR count). The summed E-state index contributed by atoms with van der Waals surface area (Å²) in [6.07, 6.45) is 0. The summed E-state index contributed by atoms with van der Waals surface area (Å²) in [4.78, 5) is 4.44. The lowest BCUT2D eigenvalue weighted by molar-refractivity contribution is 0.429. The van der Waals surface area contributed by atoms with Gasteiger partial charge in [-0.15, -0.1) is 11.6 Å². The fourth-order valence-electron chi connectivity index (χ4n) is 2.60. The van der Waals surface area contributed by atoms with E-state index >= 15 is 0 Å². The highest BCUT2D eigenvalue weighted by Gasteiger charge is 2.20. The van der Waals surface area contributed by atoms with Crippen LogP contribution in [-0.4, -0.2) is 9.55 Å². The Hall–Kier alpha value is -1.81. The van der Waals surface area contributed by atoms with Gasteiger partial charge >= 0.3 is 0 Å². The number of aromatic nitrogens is 2. The first-order valence-electron chi connectivity index (χ1n) is 6.80. The average molecular weight is 307 g/mol. The van der Waals surface area contributed by atoms with Crippen LogP contribution in [0.5, 0.6) is 0 Å². The van der Waals surface area contributed by atoms with Gasteiger partial charge in [0.2, 0.25) is 0 Å². The van der Waals surface area contributed by atoms with Crippen LogP contribution in [0.2, 0.25) is 0 Å². The lowest BCUT2D eigenvalue weighted by Crippen LogP contribution is -2.09. The predicted molar refractivity (Wildman–Crippen MR) is 81.2 cm³/mol. The van der Waals surface area contributed by atoms with Gasteiger partial charge in [0, 0.05) is 6.07 Å². The van der Waals surface area contributed by atoms with Crippen LogP contribution >= 0.6 is 11.6 Å². The maximum absolute atomic E-state index is 13.7. The van der Waals surface area contributed by atoms with Crippen molar-refractivity contribution in [1.82, 2.24) is 9.55 Å². The molecule has 0 bridgehead atoms. The molecule has 0 saturated carbocycles. The number of hydrogen-bond acceptors (Lipinski definition) is 2. The Morgan fingerprint density at radius 1 is 1.33 bits per heavy atom. The highest BCUT2D eigenvalue weighted by atomic mass is 35.5. The van der Waals surface area contributed by atoms with Gasteiger partial charge in [-0.3, -0.25) is 0 Å². The Kier molecular flexibility index (Phi) is 3.49. The normalized spacial score (nSPS) is 13.0. The second-order valence-corrected chi connectivity index (χ2v) is 5.51. The zero-order chi connectivity index (χ0) is 15.1. The highest BCUT2D eigenvalue weighted by molar-refractivity contribution is 6.16. The lowest BCUT2D eigenvalue weighted by Gasteiger charge is -2.15. The summed E-state index contributed by atoms with van der Waals surface area (Å²) in [7, 11) is 0. The Morgan fingerprint density at radius 3 is 2.71 bits per heavy atom. The summed E-state index contributed by atoms with van der Waals surface area (Å²) >= 11 is 6.01. The molecular weight excluding hydrogens is 291 g/mol. The van der Waals surface area contributed by atoms with Crippen molar-refractivity contribution in [2.75, 3.05) is 0 Å². The molecule has 0 aliphatic heterocycles. The van der Waals surface area contributed by atoms with Crippen molar-refractivity contribution in [2.24, 2.45) is 0 Å². The van der Waals surface area contributed by atoms with Gasteiger partial charge in [0.05, 0.1) is 23.0 Å². The van der Waals surface area contributed by atoms with Gasteiger partial charge in [-0.25, -0.2) is 9.37 Å². The minimum Gasteiger partial charge on any atom is -0.464 e. The van der Waals surface area contributed by atoms with E-state index in [4.69, 9.17) is 16.0 Å². The zero-order valence-corrected chi connectivity index (χ0v) is 12.9. The van der Waals surface area contributed by atoms with Crippen molar-refractivity contribution < 1.29 is 8.81 Å². The molecule has 0 saturated heterocycles. The van der Waals surface area contributed by atoms with Crippen molar-refractivity contribution >= 4 is 22.6 Å². The lowest BCUT2D eigenvalue weighted by atomic mass is 10.2. The molecule has 5 heteroatoms. The molecule has 0 radical (unpaired) electrons. The number of alkyl halides is 1. The average Bonchev–Trinajstić information content (AvgIpc) is 3.02. The van der Waals surface area contributed by atoms with Crippen LogP contribution in [0.25, 0.3) is 11.0 Å². The molecular formula is C16H16ClFN2O. The molecule has 3 aromatic rings. The SMILES string of the molecule is Cc1ccc(C(C)n2c(CCl)nc3cc(F)c(C)cc32)o1. The maximum atomic E-state index is 13.7. The molecule has 0 aliphatic carbocycles. The fourth-order valence-corrected chi connectivity index (χ4v) is 2.79. The zero-order valence-electron chi connectivity index (χ0n) is 12.2. The second kappa shape index (κ2) is 5.19. The smallest absolute Gasteiger partial charge is 0.128 e. The topological polar surface area (TPSA) is 31.0 Å². The second-order valence-electron chi connectivity index (χ2n) is 5.25. The number of hydrogen-bond donors (Lipinski definition) is 0. The van der Waals surface area contributed by atoms with E-state index in [9.17, 15) is 4.39 Å². The number of halogens is 2. The highest BCUT2D eigenvalue weighted by Crippen LogP contribution is 2.29. The monoisotopic (exact) mass is 306 g/mol. The quantitative estimate of drug-likeness (QED) is 0.655. The van der Waals surface area contributed by atoms with E-state index in [0.717, 1.165) is 17.0 Å². The van der Waals surface area contributed by atoms with Gasteiger partial charge in [0.25, 0.3) is 0 Å². The molecule has 0 spiro atoms. The molecule has 1 aromatic carbocycles. The van der Waals surface area contributed by atoms with Crippen LogP contribution in [-0.2, 0) is 5.88 Å². The van der Waals surface area contributed by atoms with Crippen LogP contribution in [0.3, 0.4) is 0 Å². The third-order valence-electron chi connectivity index (χ3n) is 3.72. The van der Waals surface area contributed by atoms with E-state index in [1.807, 2.05) is 30.5 Å². The first-order valence-corrected chi connectivity index (χ1v) is 7.34. The summed E-state index contributed by atoms with van der Waals surface area (Å²) < 4.78 is 21.4. The van der Waals surface area contributed by atoms with E-state index in [1.165, 1.54) is 6.07 Å². The summed E-state index contributed by atoms with van der Waals surface area (Å²) in [6.45, 7) is 5.67. The molecule has 1 atom stereocenters. The summed E-state index contributed by atoms with van der Waals surface area (Å²) in [5.41, 5.74) is 2.07. The number of benzene rings is 1. The van der Waals surface area contributed by atoms with Crippen molar-refractivity contribution in [1.29, 1.82) is 0 Å². The Bertz CT molecular complexity index is 806. The van der Waals surface area contributed by atoms with Gasteiger partial charge in [-0.1, -0.05) is 0 Å². The first-order chi connectivity index (χ1) is 10.0. The fraction of sp³-hybridized carbons (Fsp3) is 0.312. The van der Waals surface area contributed by atoms with Crippen molar-refractivity contribution in [3.05, 3.63) is 53.0 Å². The molecule has 3 nitrogen and oxygen atoms in total. The minimum atomic E-state index is -0.255. The number of aryl methyl sites for hydroxylation is 2. The van der Waals surface area contributed by atoms with Crippen LogP contribution in [0, 0.1) is 19.7 Å². The molecule has 110 valence electrons. The largest absolute Gasteiger partial charge is 0.464 e. The number of fused-ring (bicyclic) bond motifs is 1. The Balaban J connectivity index is 2.22. The third kappa shape index (κ3) is 2.33. The van der Waals surface area contributed by atoms with E-state index in [-0.39, 0.29) is 17.7 Å². The molecule has 0 aliphatic rings. The molecule has 0 amide bonds. The third-order valence-corrected chi connectivity index (χ3v) is 3.96. The van der Waals surface area contributed by atoms with Crippen LogP contribution in [0.1, 0.15) is 35.9 Å². The van der Waals surface area contributed by atoms with Gasteiger partial charge < -0.3 is 8.98 Å². The van der Waals surface area contributed by atoms with Gasteiger partial charge in [0.1, 0.15) is 23.2 Å². The van der Waals surface area contributed by atoms with Crippen LogP contribution in [0.15, 0.2) is 28.7 Å². The van der Waals surface area contributed by atoms with E-state index in [1.54, 1.807) is 13.0 Å². The number of nitrogens with zero attached hydrogens (tertiary/aromatic N) is 2. The summed E-state index contributed by atoms with van der Waals surface area (Å²) in [5, 5.41) is 0. The Morgan fingerprint density at radius 2 is 2.10 bits per heavy atom. The van der Waals surface area contributed by atoms with Crippen molar-refractivity contribution in [2.45, 2.75) is 32.7 Å². The first kappa shape index (κ1) is 14.1. The number of furan rings is 1. The molecule has 0 fully saturated rings. The molecule has 1 unspecified atom stereocenters. The van der Waals surface area contributed by atoms with E-state index in [2.05, 4.69) is 4.98 Å². The van der Waals surface area contributed by atoms with E-state index in [0.29, 0.717) is 16.9 Å². The predicted octanol–water partition coefficient (Wildman–Crippen LogP) is 4.73. The van der Waals surface area contributed by atoms with E-state index < -0.39 is 0 Å². The molecule has 2 heterocycles. The van der Waals surface area contributed by atoms with Crippen LogP contribution < -0.4 is 0 Å². The molecule has 21 heavy (non-hydrogen) atoms.